The van der Waals surface area contributed by atoms with E-state index in [4.69, 9.17) is 4.74 Å². The normalized spacial score (nSPS) is 20.4. The molecule has 5 nitrogen and oxygen atoms in total. The fourth-order valence-electron chi connectivity index (χ4n) is 4.26. The maximum Gasteiger partial charge on any atom is 0.237 e. The van der Waals surface area contributed by atoms with E-state index in [9.17, 15) is 4.79 Å². The first-order valence-corrected chi connectivity index (χ1v) is 10.5. The Hall–Kier alpha value is -2.40. The van der Waals surface area contributed by atoms with Gasteiger partial charge in [-0.25, -0.2) is 4.98 Å². The summed E-state index contributed by atoms with van der Waals surface area (Å²) in [6, 6.07) is 14.2. The second-order valence-electron chi connectivity index (χ2n) is 7.82. The van der Waals surface area contributed by atoms with Crippen LogP contribution in [0.25, 0.3) is 0 Å². The number of nitrogens with one attached hydrogen (secondary N) is 1. The molecule has 1 saturated carbocycles. The van der Waals surface area contributed by atoms with Crippen LogP contribution < -0.4 is 10.1 Å². The Bertz CT molecular complexity index is 774. The first kappa shape index (κ1) is 18.9. The molecule has 2 heterocycles. The molecular formula is C23H29N3O2. The van der Waals surface area contributed by atoms with Gasteiger partial charge in [-0.3, -0.25) is 9.69 Å². The standard InChI is InChI=1S/C23H29N3O2/c27-22(21-13-7-15-26(21)17-18-8-2-1-3-9-18)25-16-19-10-6-14-24-23(19)28-20-11-4-5-12-20/h1-3,6,8-10,14,20-21H,4-5,7,11-13,15-17H2,(H,25,27). The molecule has 1 atom stereocenters. The number of hydrogen-bond donors (Lipinski definition) is 1. The Balaban J connectivity index is 1.35. The number of nitrogens with zero attached hydrogens (tertiary/aromatic N) is 2. The van der Waals surface area contributed by atoms with Gasteiger partial charge >= 0.3 is 0 Å². The van der Waals surface area contributed by atoms with E-state index in [0.29, 0.717) is 12.4 Å². The minimum Gasteiger partial charge on any atom is -0.474 e. The average Bonchev–Trinajstić information content (AvgIpc) is 3.40. The van der Waals surface area contributed by atoms with Crippen molar-refractivity contribution in [3.05, 3.63) is 59.8 Å². The smallest absolute Gasteiger partial charge is 0.237 e. The lowest BCUT2D eigenvalue weighted by atomic mass is 10.1. The summed E-state index contributed by atoms with van der Waals surface area (Å²) in [5, 5.41) is 3.12. The topological polar surface area (TPSA) is 54.5 Å². The molecule has 28 heavy (non-hydrogen) atoms. The highest BCUT2D eigenvalue weighted by Crippen LogP contribution is 2.25. The predicted molar refractivity (Wildman–Crippen MR) is 109 cm³/mol. The number of likely N-dealkylation sites (tertiary alicyclic amines) is 1. The average molecular weight is 380 g/mol. The number of ether oxygens (including phenoxy) is 1. The third-order valence-corrected chi connectivity index (χ3v) is 5.78. The van der Waals surface area contributed by atoms with Crippen LogP contribution in [0, 0.1) is 0 Å². The number of carbonyl (C=O) groups is 1. The largest absolute Gasteiger partial charge is 0.474 e. The van der Waals surface area contributed by atoms with E-state index < -0.39 is 0 Å². The minimum absolute atomic E-state index is 0.0592. The zero-order chi connectivity index (χ0) is 19.2. The summed E-state index contributed by atoms with van der Waals surface area (Å²) in [5.41, 5.74) is 2.21. The van der Waals surface area contributed by atoms with Crippen molar-refractivity contribution in [1.29, 1.82) is 0 Å². The van der Waals surface area contributed by atoms with Gasteiger partial charge < -0.3 is 10.1 Å². The van der Waals surface area contributed by atoms with Crippen molar-refractivity contribution in [1.82, 2.24) is 15.2 Å². The van der Waals surface area contributed by atoms with Crippen molar-refractivity contribution in [3.63, 3.8) is 0 Å². The van der Waals surface area contributed by atoms with Crippen LogP contribution >= 0.6 is 0 Å². The molecule has 2 fully saturated rings. The van der Waals surface area contributed by atoms with Crippen LogP contribution in [-0.4, -0.2) is 34.5 Å². The highest BCUT2D eigenvalue weighted by molar-refractivity contribution is 5.82. The molecule has 2 aromatic rings. The third-order valence-electron chi connectivity index (χ3n) is 5.78. The van der Waals surface area contributed by atoms with E-state index in [2.05, 4.69) is 39.5 Å². The van der Waals surface area contributed by atoms with Crippen molar-refractivity contribution < 1.29 is 9.53 Å². The lowest BCUT2D eigenvalue weighted by Gasteiger charge is -2.24. The Morgan fingerprint density at radius 2 is 1.89 bits per heavy atom. The van der Waals surface area contributed by atoms with Crippen LogP contribution in [0.15, 0.2) is 48.7 Å². The second kappa shape index (κ2) is 9.20. The molecule has 148 valence electrons. The first-order chi connectivity index (χ1) is 13.8. The SMILES string of the molecule is O=C(NCc1cccnc1OC1CCCC1)C1CCCN1Cc1ccccc1. The highest BCUT2D eigenvalue weighted by Gasteiger charge is 2.30. The molecular weight excluding hydrogens is 350 g/mol. The molecule has 1 amide bonds. The van der Waals surface area contributed by atoms with Crippen molar-refractivity contribution in [2.75, 3.05) is 6.54 Å². The molecule has 5 heteroatoms. The van der Waals surface area contributed by atoms with Crippen LogP contribution in [-0.2, 0) is 17.9 Å². The summed E-state index contributed by atoms with van der Waals surface area (Å²) in [5.74, 6) is 0.770. The summed E-state index contributed by atoms with van der Waals surface area (Å²) in [7, 11) is 0. The number of amides is 1. The minimum atomic E-state index is -0.0592. The maximum absolute atomic E-state index is 12.9. The molecule has 1 aliphatic carbocycles. The van der Waals surface area contributed by atoms with Crippen molar-refractivity contribution in [2.45, 2.75) is 63.8 Å². The summed E-state index contributed by atoms with van der Waals surface area (Å²) < 4.78 is 6.09. The van der Waals surface area contributed by atoms with Gasteiger partial charge in [0.25, 0.3) is 0 Å². The van der Waals surface area contributed by atoms with E-state index in [1.54, 1.807) is 6.20 Å². The van der Waals surface area contributed by atoms with E-state index in [1.165, 1.54) is 18.4 Å². The second-order valence-corrected chi connectivity index (χ2v) is 7.82. The molecule has 0 bridgehead atoms. The van der Waals surface area contributed by atoms with Gasteiger partial charge in [-0.05, 0) is 56.7 Å². The van der Waals surface area contributed by atoms with Crippen LogP contribution in [0.2, 0.25) is 0 Å². The predicted octanol–water partition coefficient (Wildman–Crippen LogP) is 3.68. The summed E-state index contributed by atoms with van der Waals surface area (Å²) in [4.78, 5) is 19.5. The molecule has 1 saturated heterocycles. The van der Waals surface area contributed by atoms with Gasteiger partial charge in [0.1, 0.15) is 6.10 Å². The van der Waals surface area contributed by atoms with Gasteiger partial charge in [-0.1, -0.05) is 36.4 Å². The summed E-state index contributed by atoms with van der Waals surface area (Å²) in [6.45, 7) is 2.25. The monoisotopic (exact) mass is 379 g/mol. The van der Waals surface area contributed by atoms with E-state index in [0.717, 1.165) is 44.3 Å². The molecule has 0 radical (unpaired) electrons. The van der Waals surface area contributed by atoms with E-state index in [1.807, 2.05) is 18.2 Å². The Kier molecular flexibility index (Phi) is 6.22. The van der Waals surface area contributed by atoms with Crippen LogP contribution in [0.1, 0.15) is 49.7 Å². The number of rotatable bonds is 7. The van der Waals surface area contributed by atoms with Gasteiger partial charge in [-0.15, -0.1) is 0 Å². The molecule has 2 aliphatic rings. The number of hydrogen-bond acceptors (Lipinski definition) is 4. The van der Waals surface area contributed by atoms with Gasteiger partial charge in [0, 0.05) is 24.8 Å². The molecule has 0 spiro atoms. The van der Waals surface area contributed by atoms with Gasteiger partial charge in [0.15, 0.2) is 0 Å². The quantitative estimate of drug-likeness (QED) is 0.797. The fraction of sp³-hybridized carbons (Fsp3) is 0.478. The summed E-state index contributed by atoms with van der Waals surface area (Å²) >= 11 is 0. The lowest BCUT2D eigenvalue weighted by Crippen LogP contribution is -2.42. The Labute approximate surface area is 167 Å². The molecule has 1 aromatic carbocycles. The summed E-state index contributed by atoms with van der Waals surface area (Å²) in [6.07, 6.45) is 8.64. The van der Waals surface area contributed by atoms with Crippen molar-refractivity contribution >= 4 is 5.91 Å². The van der Waals surface area contributed by atoms with Crippen LogP contribution in [0.5, 0.6) is 5.88 Å². The van der Waals surface area contributed by atoms with Crippen LogP contribution in [0.3, 0.4) is 0 Å². The fourth-order valence-corrected chi connectivity index (χ4v) is 4.26. The zero-order valence-corrected chi connectivity index (χ0v) is 16.3. The third kappa shape index (κ3) is 4.71. The van der Waals surface area contributed by atoms with E-state index >= 15 is 0 Å². The maximum atomic E-state index is 12.9. The molecule has 1 unspecified atom stereocenters. The van der Waals surface area contributed by atoms with Crippen molar-refractivity contribution in [3.8, 4) is 5.88 Å². The first-order valence-electron chi connectivity index (χ1n) is 10.5. The van der Waals surface area contributed by atoms with Crippen molar-refractivity contribution in [2.24, 2.45) is 0 Å². The Morgan fingerprint density at radius 1 is 1.07 bits per heavy atom. The van der Waals surface area contributed by atoms with E-state index in [-0.39, 0.29) is 18.1 Å². The molecule has 1 N–H and O–H groups in total. The number of carbonyl (C=O) groups excluding carboxylic acids is 1. The van der Waals surface area contributed by atoms with Gasteiger partial charge in [-0.2, -0.15) is 0 Å². The Morgan fingerprint density at radius 3 is 2.71 bits per heavy atom. The highest BCUT2D eigenvalue weighted by atomic mass is 16.5. The molecule has 4 rings (SSSR count). The molecule has 1 aromatic heterocycles. The van der Waals surface area contributed by atoms with Gasteiger partial charge in [0.05, 0.1) is 6.04 Å². The number of benzene rings is 1. The number of aromatic nitrogens is 1. The van der Waals surface area contributed by atoms with Gasteiger partial charge in [0.2, 0.25) is 11.8 Å². The lowest BCUT2D eigenvalue weighted by molar-refractivity contribution is -0.125. The molecule has 1 aliphatic heterocycles. The number of pyridine rings is 1. The van der Waals surface area contributed by atoms with Crippen LogP contribution in [0.4, 0.5) is 0 Å². The zero-order valence-electron chi connectivity index (χ0n) is 16.3.